The fourth-order valence-electron chi connectivity index (χ4n) is 2.05. The van der Waals surface area contributed by atoms with Crippen LogP contribution in [0.25, 0.3) is 0 Å². The van der Waals surface area contributed by atoms with Crippen LogP contribution in [0.4, 0.5) is 10.5 Å². The fraction of sp³-hybridized carbons (Fsp3) is 0.308. The average molecular weight is 262 g/mol. The van der Waals surface area contributed by atoms with Gasteiger partial charge < -0.3 is 5.11 Å². The van der Waals surface area contributed by atoms with E-state index in [9.17, 15) is 14.4 Å². The second kappa shape index (κ2) is 5.09. The van der Waals surface area contributed by atoms with Gasteiger partial charge in [-0.15, -0.1) is 0 Å². The smallest absolute Gasteiger partial charge is 0.336 e. The summed E-state index contributed by atoms with van der Waals surface area (Å²) in [6.07, 6.45) is 0.816. The summed E-state index contributed by atoms with van der Waals surface area (Å²) in [6.45, 7) is 2.13. The second-order valence-electron chi connectivity index (χ2n) is 4.26. The number of aryl methyl sites for hydroxylation is 1. The lowest BCUT2D eigenvalue weighted by Gasteiger charge is -2.27. The number of amides is 3. The van der Waals surface area contributed by atoms with Crippen molar-refractivity contribution in [1.82, 2.24) is 5.32 Å². The monoisotopic (exact) mass is 262 g/mol. The number of rotatable bonds is 3. The van der Waals surface area contributed by atoms with E-state index in [0.717, 1.165) is 0 Å². The Labute approximate surface area is 110 Å². The van der Waals surface area contributed by atoms with Crippen LogP contribution in [0.5, 0.6) is 0 Å². The Balaban J connectivity index is 2.35. The van der Waals surface area contributed by atoms with Crippen LogP contribution in [0.15, 0.2) is 18.2 Å². The Morgan fingerprint density at radius 2 is 2.16 bits per heavy atom. The molecule has 0 aromatic heterocycles. The Kier molecular flexibility index (Phi) is 3.50. The van der Waals surface area contributed by atoms with Gasteiger partial charge in [0.25, 0.3) is 0 Å². The van der Waals surface area contributed by atoms with E-state index >= 15 is 0 Å². The largest absolute Gasteiger partial charge is 0.478 e. The molecule has 6 heteroatoms. The van der Waals surface area contributed by atoms with Crippen LogP contribution < -0.4 is 10.2 Å². The Bertz CT molecular complexity index is 554. The molecule has 6 nitrogen and oxygen atoms in total. The van der Waals surface area contributed by atoms with Crippen molar-refractivity contribution in [1.29, 1.82) is 0 Å². The van der Waals surface area contributed by atoms with Crippen LogP contribution in [-0.4, -0.2) is 29.6 Å². The van der Waals surface area contributed by atoms with Gasteiger partial charge >= 0.3 is 12.0 Å². The van der Waals surface area contributed by atoms with Gasteiger partial charge in [0.15, 0.2) is 0 Å². The summed E-state index contributed by atoms with van der Waals surface area (Å²) in [5, 5.41) is 11.4. The molecule has 0 unspecified atom stereocenters. The minimum absolute atomic E-state index is 0.185. The first-order valence-corrected chi connectivity index (χ1v) is 6.00. The molecule has 0 saturated carbocycles. The van der Waals surface area contributed by atoms with Crippen LogP contribution in [0.3, 0.4) is 0 Å². The van der Waals surface area contributed by atoms with E-state index in [1.807, 2.05) is 6.92 Å². The highest BCUT2D eigenvalue weighted by molar-refractivity contribution is 6.06. The number of nitrogens with one attached hydrogen (secondary N) is 1. The molecule has 0 atom stereocenters. The summed E-state index contributed by atoms with van der Waals surface area (Å²) in [5.74, 6) is -1.34. The molecule has 19 heavy (non-hydrogen) atoms. The number of urea groups is 1. The molecule has 1 fully saturated rings. The van der Waals surface area contributed by atoms with Gasteiger partial charge in [-0.25, -0.2) is 9.59 Å². The van der Waals surface area contributed by atoms with E-state index in [0.29, 0.717) is 17.7 Å². The maximum absolute atomic E-state index is 11.7. The number of nitrogens with zero attached hydrogens (tertiary/aromatic N) is 1. The molecule has 1 aliphatic heterocycles. The summed E-state index contributed by atoms with van der Waals surface area (Å²) < 4.78 is 0. The normalized spacial score (nSPS) is 15.3. The number of hydrogen-bond donors (Lipinski definition) is 2. The number of aromatic carboxylic acids is 1. The molecular weight excluding hydrogens is 248 g/mol. The van der Waals surface area contributed by atoms with Gasteiger partial charge in [-0.2, -0.15) is 0 Å². The Morgan fingerprint density at radius 1 is 1.42 bits per heavy atom. The van der Waals surface area contributed by atoms with Crippen molar-refractivity contribution >= 4 is 23.6 Å². The first kappa shape index (κ1) is 13.1. The fourth-order valence-corrected chi connectivity index (χ4v) is 2.05. The maximum Gasteiger partial charge on any atom is 0.336 e. The third-order valence-electron chi connectivity index (χ3n) is 3.07. The molecule has 1 heterocycles. The van der Waals surface area contributed by atoms with E-state index < -0.39 is 12.0 Å². The van der Waals surface area contributed by atoms with Gasteiger partial charge in [-0.1, -0.05) is 13.0 Å². The number of anilines is 1. The van der Waals surface area contributed by atoms with Crippen LogP contribution in [0.1, 0.15) is 29.3 Å². The summed E-state index contributed by atoms with van der Waals surface area (Å²) in [7, 11) is 0. The topological polar surface area (TPSA) is 86.7 Å². The quantitative estimate of drug-likeness (QED) is 0.861. The number of hydrogen-bond acceptors (Lipinski definition) is 3. The lowest BCUT2D eigenvalue weighted by molar-refractivity contribution is -0.120. The summed E-state index contributed by atoms with van der Waals surface area (Å²) >= 11 is 0. The highest BCUT2D eigenvalue weighted by Gasteiger charge is 2.25. The predicted octanol–water partition coefficient (Wildman–Crippen LogP) is 1.39. The molecule has 1 aromatic carbocycles. The standard InChI is InChI=1S/C13H14N2O4/c1-2-8-3-4-9(7-10(8)12(17)18)15-6-5-11(16)14-13(15)19/h3-4,7H,2,5-6H2,1H3,(H,17,18)(H,14,16,19). The zero-order valence-electron chi connectivity index (χ0n) is 10.5. The van der Waals surface area contributed by atoms with Crippen molar-refractivity contribution in [2.45, 2.75) is 19.8 Å². The molecule has 3 amide bonds. The second-order valence-corrected chi connectivity index (χ2v) is 4.26. The number of benzene rings is 1. The molecule has 0 aliphatic carbocycles. The Hall–Kier alpha value is -2.37. The van der Waals surface area contributed by atoms with Crippen molar-refractivity contribution < 1.29 is 19.5 Å². The number of imide groups is 1. The van der Waals surface area contributed by atoms with E-state index in [4.69, 9.17) is 5.11 Å². The number of carboxylic acids is 1. The number of carbonyl (C=O) groups is 3. The van der Waals surface area contributed by atoms with E-state index in [1.165, 1.54) is 11.0 Å². The van der Waals surface area contributed by atoms with Crippen molar-refractivity contribution in [3.63, 3.8) is 0 Å². The van der Waals surface area contributed by atoms with Crippen molar-refractivity contribution in [3.05, 3.63) is 29.3 Å². The van der Waals surface area contributed by atoms with E-state index in [-0.39, 0.29) is 24.4 Å². The summed E-state index contributed by atoms with van der Waals surface area (Å²) in [4.78, 5) is 35.3. The molecule has 1 saturated heterocycles. The first-order chi connectivity index (χ1) is 9.02. The van der Waals surface area contributed by atoms with Crippen molar-refractivity contribution in [3.8, 4) is 0 Å². The first-order valence-electron chi connectivity index (χ1n) is 6.00. The molecular formula is C13H14N2O4. The van der Waals surface area contributed by atoms with Crippen molar-refractivity contribution in [2.24, 2.45) is 0 Å². The van der Waals surface area contributed by atoms with Crippen LogP contribution in [-0.2, 0) is 11.2 Å². The zero-order valence-corrected chi connectivity index (χ0v) is 10.5. The molecule has 1 aromatic rings. The molecule has 2 rings (SSSR count). The van der Waals surface area contributed by atoms with Gasteiger partial charge in [0.05, 0.1) is 5.56 Å². The lowest BCUT2D eigenvalue weighted by Crippen LogP contribution is -2.49. The molecule has 2 N–H and O–H groups in total. The zero-order chi connectivity index (χ0) is 14.0. The summed E-state index contributed by atoms with van der Waals surface area (Å²) in [5.41, 5.74) is 1.38. The molecule has 0 bridgehead atoms. The van der Waals surface area contributed by atoms with Crippen molar-refractivity contribution in [2.75, 3.05) is 11.4 Å². The predicted molar refractivity (Wildman–Crippen MR) is 68.3 cm³/mol. The minimum Gasteiger partial charge on any atom is -0.478 e. The van der Waals surface area contributed by atoms with Gasteiger partial charge in [0.1, 0.15) is 0 Å². The number of carboxylic acid groups (broad SMARTS) is 1. The van der Waals surface area contributed by atoms with Crippen LogP contribution >= 0.6 is 0 Å². The maximum atomic E-state index is 11.7. The van der Waals surface area contributed by atoms with Gasteiger partial charge in [0.2, 0.25) is 5.91 Å². The van der Waals surface area contributed by atoms with Gasteiger partial charge in [-0.3, -0.25) is 15.0 Å². The van der Waals surface area contributed by atoms with Crippen LogP contribution in [0.2, 0.25) is 0 Å². The number of carbonyl (C=O) groups excluding carboxylic acids is 2. The molecule has 100 valence electrons. The van der Waals surface area contributed by atoms with Crippen LogP contribution in [0, 0.1) is 0 Å². The lowest BCUT2D eigenvalue weighted by atomic mass is 10.0. The molecule has 1 aliphatic rings. The van der Waals surface area contributed by atoms with E-state index in [2.05, 4.69) is 5.32 Å². The highest BCUT2D eigenvalue weighted by atomic mass is 16.4. The van der Waals surface area contributed by atoms with Gasteiger partial charge in [0, 0.05) is 18.7 Å². The minimum atomic E-state index is -1.02. The third-order valence-corrected chi connectivity index (χ3v) is 3.07. The SMILES string of the molecule is CCc1ccc(N2CCC(=O)NC2=O)cc1C(=O)O. The van der Waals surface area contributed by atoms with Gasteiger partial charge in [-0.05, 0) is 24.1 Å². The Morgan fingerprint density at radius 3 is 2.74 bits per heavy atom. The molecule has 0 radical (unpaired) electrons. The third kappa shape index (κ3) is 2.57. The summed E-state index contributed by atoms with van der Waals surface area (Å²) in [6, 6.07) is 4.34. The highest BCUT2D eigenvalue weighted by Crippen LogP contribution is 2.22. The molecule has 0 spiro atoms. The van der Waals surface area contributed by atoms with E-state index in [1.54, 1.807) is 12.1 Å². The average Bonchev–Trinajstić information content (AvgIpc) is 2.38.